The van der Waals surface area contributed by atoms with Crippen LogP contribution in [0.2, 0.25) is 0 Å². The molecule has 0 saturated heterocycles. The highest BCUT2D eigenvalue weighted by Crippen LogP contribution is 2.16. The standard InChI is InChI=1S/C15H16IN3O3S/c1-9-7-13(19-22-9)18-15(21)10(2)23-8-14(20)17-12-5-3-11(16)4-6-12/h3-7,10H,8H2,1-2H3,(H,17,20)(H,18,19,21). The van der Waals surface area contributed by atoms with E-state index in [0.29, 0.717) is 11.6 Å². The molecule has 1 heterocycles. The predicted molar refractivity (Wildman–Crippen MR) is 99.6 cm³/mol. The van der Waals surface area contributed by atoms with E-state index < -0.39 is 0 Å². The molecule has 0 spiro atoms. The minimum Gasteiger partial charge on any atom is -0.360 e. The Morgan fingerprint density at radius 3 is 2.61 bits per heavy atom. The Morgan fingerprint density at radius 2 is 2.00 bits per heavy atom. The summed E-state index contributed by atoms with van der Waals surface area (Å²) in [6.07, 6.45) is 0. The molecule has 2 N–H and O–H groups in total. The van der Waals surface area contributed by atoms with Gasteiger partial charge < -0.3 is 15.2 Å². The third-order valence-electron chi connectivity index (χ3n) is 2.84. The normalized spacial score (nSPS) is 11.8. The van der Waals surface area contributed by atoms with Crippen LogP contribution in [0.4, 0.5) is 11.5 Å². The summed E-state index contributed by atoms with van der Waals surface area (Å²) in [6, 6.07) is 9.15. The quantitative estimate of drug-likeness (QED) is 0.667. The van der Waals surface area contributed by atoms with Gasteiger partial charge in [-0.1, -0.05) is 5.16 Å². The van der Waals surface area contributed by atoms with Crippen LogP contribution in [0, 0.1) is 10.5 Å². The van der Waals surface area contributed by atoms with Crippen LogP contribution in [0.5, 0.6) is 0 Å². The largest absolute Gasteiger partial charge is 0.360 e. The molecule has 1 aromatic carbocycles. The number of aryl methyl sites for hydroxylation is 1. The molecule has 0 bridgehead atoms. The van der Waals surface area contributed by atoms with E-state index in [1.165, 1.54) is 11.8 Å². The highest BCUT2D eigenvalue weighted by atomic mass is 127. The van der Waals surface area contributed by atoms with E-state index in [0.717, 1.165) is 9.26 Å². The summed E-state index contributed by atoms with van der Waals surface area (Å²) in [5, 5.41) is 8.76. The van der Waals surface area contributed by atoms with Crippen molar-refractivity contribution in [3.63, 3.8) is 0 Å². The molecule has 2 rings (SSSR count). The van der Waals surface area contributed by atoms with E-state index in [2.05, 4.69) is 38.4 Å². The first-order valence-electron chi connectivity index (χ1n) is 6.85. The van der Waals surface area contributed by atoms with E-state index in [1.54, 1.807) is 19.9 Å². The zero-order chi connectivity index (χ0) is 16.8. The molecule has 6 nitrogen and oxygen atoms in total. The molecule has 0 saturated carbocycles. The van der Waals surface area contributed by atoms with Gasteiger partial charge in [-0.05, 0) is 60.7 Å². The van der Waals surface area contributed by atoms with Gasteiger partial charge in [-0.15, -0.1) is 11.8 Å². The number of halogens is 1. The fraction of sp³-hybridized carbons (Fsp3) is 0.267. The second-order valence-corrected chi connectivity index (χ2v) is 7.40. The molecular formula is C15H16IN3O3S. The van der Waals surface area contributed by atoms with Crippen LogP contribution in [-0.4, -0.2) is 28.0 Å². The third-order valence-corrected chi connectivity index (χ3v) is 4.70. The minimum absolute atomic E-state index is 0.145. The molecule has 0 fully saturated rings. The maximum Gasteiger partial charge on any atom is 0.238 e. The van der Waals surface area contributed by atoms with Crippen molar-refractivity contribution in [2.45, 2.75) is 19.1 Å². The zero-order valence-electron chi connectivity index (χ0n) is 12.6. The van der Waals surface area contributed by atoms with Gasteiger partial charge in [0.2, 0.25) is 11.8 Å². The number of rotatable bonds is 6. The van der Waals surface area contributed by atoms with Crippen molar-refractivity contribution in [3.05, 3.63) is 39.7 Å². The SMILES string of the molecule is Cc1cc(NC(=O)C(C)SCC(=O)Nc2ccc(I)cc2)no1. The Morgan fingerprint density at radius 1 is 1.30 bits per heavy atom. The van der Waals surface area contributed by atoms with Crippen molar-refractivity contribution in [3.8, 4) is 0 Å². The van der Waals surface area contributed by atoms with E-state index in [4.69, 9.17) is 4.52 Å². The zero-order valence-corrected chi connectivity index (χ0v) is 15.6. The maximum absolute atomic E-state index is 12.0. The van der Waals surface area contributed by atoms with E-state index in [-0.39, 0.29) is 22.8 Å². The van der Waals surface area contributed by atoms with Crippen LogP contribution in [0.25, 0.3) is 0 Å². The van der Waals surface area contributed by atoms with Crippen molar-refractivity contribution in [2.24, 2.45) is 0 Å². The number of amides is 2. The van der Waals surface area contributed by atoms with Crippen LogP contribution in [-0.2, 0) is 9.59 Å². The fourth-order valence-electron chi connectivity index (χ4n) is 1.66. The molecule has 1 atom stereocenters. The van der Waals surface area contributed by atoms with Gasteiger partial charge >= 0.3 is 0 Å². The number of nitrogens with zero attached hydrogens (tertiary/aromatic N) is 1. The van der Waals surface area contributed by atoms with Gasteiger partial charge in [0.15, 0.2) is 5.82 Å². The molecule has 0 aliphatic carbocycles. The van der Waals surface area contributed by atoms with Crippen molar-refractivity contribution < 1.29 is 14.1 Å². The number of carbonyl (C=O) groups is 2. The molecule has 1 aromatic heterocycles. The summed E-state index contributed by atoms with van der Waals surface area (Å²) in [5.74, 6) is 0.831. The lowest BCUT2D eigenvalue weighted by Gasteiger charge is -2.10. The molecule has 122 valence electrons. The first-order chi connectivity index (χ1) is 10.9. The Hall–Kier alpha value is -1.55. The van der Waals surface area contributed by atoms with Gasteiger partial charge in [0.1, 0.15) is 5.76 Å². The van der Waals surface area contributed by atoms with Crippen molar-refractivity contribution in [2.75, 3.05) is 16.4 Å². The molecule has 1 unspecified atom stereocenters. The van der Waals surface area contributed by atoms with Gasteiger partial charge in [-0.3, -0.25) is 9.59 Å². The third kappa shape index (κ3) is 5.87. The number of anilines is 2. The molecular weight excluding hydrogens is 429 g/mol. The summed E-state index contributed by atoms with van der Waals surface area (Å²) in [7, 11) is 0. The lowest BCUT2D eigenvalue weighted by Crippen LogP contribution is -2.25. The Kier molecular flexibility index (Phi) is 6.46. The summed E-state index contributed by atoms with van der Waals surface area (Å²) >= 11 is 3.46. The van der Waals surface area contributed by atoms with Gasteiger partial charge in [0, 0.05) is 15.3 Å². The second kappa shape index (κ2) is 8.34. The molecule has 0 radical (unpaired) electrons. The van der Waals surface area contributed by atoms with Crippen LogP contribution in [0.3, 0.4) is 0 Å². The second-order valence-electron chi connectivity index (χ2n) is 4.82. The lowest BCUT2D eigenvalue weighted by atomic mass is 10.3. The van der Waals surface area contributed by atoms with Gasteiger partial charge in [-0.2, -0.15) is 0 Å². The van der Waals surface area contributed by atoms with E-state index in [1.807, 2.05) is 24.3 Å². The first-order valence-corrected chi connectivity index (χ1v) is 8.98. The summed E-state index contributed by atoms with van der Waals surface area (Å²) in [6.45, 7) is 3.49. The fourth-order valence-corrected chi connectivity index (χ4v) is 2.70. The molecule has 23 heavy (non-hydrogen) atoms. The topological polar surface area (TPSA) is 84.2 Å². The molecule has 2 aromatic rings. The molecule has 8 heteroatoms. The van der Waals surface area contributed by atoms with Crippen molar-refractivity contribution >= 4 is 57.7 Å². The van der Waals surface area contributed by atoms with E-state index >= 15 is 0 Å². The van der Waals surface area contributed by atoms with Gasteiger partial charge in [0.05, 0.1) is 11.0 Å². The van der Waals surface area contributed by atoms with Gasteiger partial charge in [0.25, 0.3) is 0 Å². The van der Waals surface area contributed by atoms with E-state index in [9.17, 15) is 9.59 Å². The number of hydrogen-bond acceptors (Lipinski definition) is 5. The van der Waals surface area contributed by atoms with Crippen LogP contribution < -0.4 is 10.6 Å². The van der Waals surface area contributed by atoms with Crippen LogP contribution in [0.1, 0.15) is 12.7 Å². The number of benzene rings is 1. The lowest BCUT2D eigenvalue weighted by molar-refractivity contribution is -0.115. The number of hydrogen-bond donors (Lipinski definition) is 2. The molecule has 0 aliphatic rings. The van der Waals surface area contributed by atoms with Crippen LogP contribution >= 0.6 is 34.4 Å². The number of nitrogens with one attached hydrogen (secondary N) is 2. The highest BCUT2D eigenvalue weighted by molar-refractivity contribution is 14.1. The summed E-state index contributed by atoms with van der Waals surface area (Å²) < 4.78 is 5.98. The Bertz CT molecular complexity index is 688. The summed E-state index contributed by atoms with van der Waals surface area (Å²) in [5.41, 5.74) is 0.742. The van der Waals surface area contributed by atoms with Crippen molar-refractivity contribution in [1.29, 1.82) is 0 Å². The Balaban J connectivity index is 1.76. The Labute approximate surface area is 151 Å². The number of aromatic nitrogens is 1. The first kappa shape index (κ1) is 17.8. The summed E-state index contributed by atoms with van der Waals surface area (Å²) in [4.78, 5) is 23.9. The van der Waals surface area contributed by atoms with Crippen LogP contribution in [0.15, 0.2) is 34.9 Å². The average molecular weight is 445 g/mol. The maximum atomic E-state index is 12.0. The number of carbonyl (C=O) groups excluding carboxylic acids is 2. The smallest absolute Gasteiger partial charge is 0.238 e. The minimum atomic E-state index is -0.380. The molecule has 0 aliphatic heterocycles. The predicted octanol–water partition coefficient (Wildman–Crippen LogP) is 3.29. The monoisotopic (exact) mass is 445 g/mol. The molecule has 2 amide bonds. The number of thioether (sulfide) groups is 1. The van der Waals surface area contributed by atoms with Crippen molar-refractivity contribution in [1.82, 2.24) is 5.16 Å². The van der Waals surface area contributed by atoms with Gasteiger partial charge in [-0.25, -0.2) is 0 Å². The average Bonchev–Trinajstić information content (AvgIpc) is 2.92. The highest BCUT2D eigenvalue weighted by Gasteiger charge is 2.16.